The van der Waals surface area contributed by atoms with Gasteiger partial charge in [-0.1, -0.05) is 44.0 Å². The molecule has 0 aliphatic rings. The lowest BCUT2D eigenvalue weighted by Gasteiger charge is -2.10. The topological polar surface area (TPSA) is 81.7 Å². The third-order valence-corrected chi connectivity index (χ3v) is 6.41. The molecule has 0 bridgehead atoms. The number of benzene rings is 2. The van der Waals surface area contributed by atoms with Gasteiger partial charge in [-0.05, 0) is 61.1 Å². The minimum absolute atomic E-state index is 0.246. The standard InChI is InChI=1S/C24H33NO5S/c1-3-4-5-8-20-11-14-23(15-12-20)31(27,28)25-17-7-18-30-22-10-6-9-21(19-22)13-16-24(26)29-2/h6,9-12,14-15,19,25H,3-5,7-8,13,16-18H2,1-2H3. The molecule has 0 atom stereocenters. The maximum Gasteiger partial charge on any atom is 0.305 e. The molecule has 0 aliphatic heterocycles. The summed E-state index contributed by atoms with van der Waals surface area (Å²) in [6.45, 7) is 2.85. The summed E-state index contributed by atoms with van der Waals surface area (Å²) in [5, 5.41) is 0. The minimum atomic E-state index is -3.52. The van der Waals surface area contributed by atoms with Gasteiger partial charge in [-0.15, -0.1) is 0 Å². The first kappa shape index (κ1) is 24.9. The van der Waals surface area contributed by atoms with Crippen molar-refractivity contribution < 1.29 is 22.7 Å². The predicted molar refractivity (Wildman–Crippen MR) is 122 cm³/mol. The Labute approximate surface area is 186 Å². The zero-order valence-corrected chi connectivity index (χ0v) is 19.2. The number of esters is 1. The lowest BCUT2D eigenvalue weighted by atomic mass is 10.1. The van der Waals surface area contributed by atoms with Crippen LogP contribution in [0.25, 0.3) is 0 Å². The number of unbranched alkanes of at least 4 members (excludes halogenated alkanes) is 2. The van der Waals surface area contributed by atoms with E-state index in [0.717, 1.165) is 24.0 Å². The Balaban J connectivity index is 1.73. The van der Waals surface area contributed by atoms with Crippen LogP contribution in [0.1, 0.15) is 50.2 Å². The van der Waals surface area contributed by atoms with Crippen LogP contribution >= 0.6 is 0 Å². The second-order valence-corrected chi connectivity index (χ2v) is 9.19. The van der Waals surface area contributed by atoms with Crippen LogP contribution in [0.2, 0.25) is 0 Å². The van der Waals surface area contributed by atoms with Crippen molar-refractivity contribution in [1.29, 1.82) is 0 Å². The van der Waals surface area contributed by atoms with Crippen molar-refractivity contribution in [2.24, 2.45) is 0 Å². The van der Waals surface area contributed by atoms with Gasteiger partial charge in [-0.3, -0.25) is 4.79 Å². The summed E-state index contributed by atoms with van der Waals surface area (Å²) >= 11 is 0. The van der Waals surface area contributed by atoms with E-state index in [4.69, 9.17) is 4.74 Å². The van der Waals surface area contributed by atoms with Gasteiger partial charge in [-0.25, -0.2) is 13.1 Å². The summed E-state index contributed by atoms with van der Waals surface area (Å²) < 4.78 is 37.9. The molecule has 0 fully saturated rings. The lowest BCUT2D eigenvalue weighted by molar-refractivity contribution is -0.140. The van der Waals surface area contributed by atoms with E-state index in [1.54, 1.807) is 12.1 Å². The molecule has 0 spiro atoms. The van der Waals surface area contributed by atoms with Gasteiger partial charge in [0.1, 0.15) is 5.75 Å². The van der Waals surface area contributed by atoms with Crippen LogP contribution < -0.4 is 9.46 Å². The molecule has 1 N–H and O–H groups in total. The van der Waals surface area contributed by atoms with Gasteiger partial charge in [0.25, 0.3) is 0 Å². The molecule has 0 aromatic heterocycles. The second-order valence-electron chi connectivity index (χ2n) is 7.42. The first-order chi connectivity index (χ1) is 14.9. The van der Waals surface area contributed by atoms with Crippen LogP contribution in [0.4, 0.5) is 0 Å². The molecular formula is C24H33NO5S. The molecule has 31 heavy (non-hydrogen) atoms. The van der Waals surface area contributed by atoms with E-state index in [0.29, 0.717) is 38.2 Å². The van der Waals surface area contributed by atoms with Gasteiger partial charge < -0.3 is 9.47 Å². The van der Waals surface area contributed by atoms with Crippen molar-refractivity contribution >= 4 is 16.0 Å². The fraction of sp³-hybridized carbons (Fsp3) is 0.458. The number of rotatable bonds is 14. The number of methoxy groups -OCH3 is 1. The lowest BCUT2D eigenvalue weighted by Crippen LogP contribution is -2.25. The largest absolute Gasteiger partial charge is 0.494 e. The summed E-state index contributed by atoms with van der Waals surface area (Å²) in [6, 6.07) is 14.6. The molecule has 2 aromatic carbocycles. The van der Waals surface area contributed by atoms with Crippen molar-refractivity contribution in [3.63, 3.8) is 0 Å². The van der Waals surface area contributed by atoms with Crippen LogP contribution in [0.15, 0.2) is 53.4 Å². The zero-order valence-electron chi connectivity index (χ0n) is 18.4. The molecule has 0 saturated carbocycles. The van der Waals surface area contributed by atoms with Crippen LogP contribution in [0.5, 0.6) is 5.75 Å². The van der Waals surface area contributed by atoms with Gasteiger partial charge >= 0.3 is 5.97 Å². The molecule has 0 heterocycles. The highest BCUT2D eigenvalue weighted by molar-refractivity contribution is 7.89. The number of aryl methyl sites for hydroxylation is 2. The Morgan fingerprint density at radius 1 is 0.968 bits per heavy atom. The van der Waals surface area contributed by atoms with E-state index >= 15 is 0 Å². The van der Waals surface area contributed by atoms with Gasteiger partial charge in [0, 0.05) is 13.0 Å². The first-order valence-electron chi connectivity index (χ1n) is 10.8. The number of nitrogens with one attached hydrogen (secondary N) is 1. The smallest absolute Gasteiger partial charge is 0.305 e. The summed E-state index contributed by atoms with van der Waals surface area (Å²) in [5.74, 6) is 0.452. The van der Waals surface area contributed by atoms with E-state index in [1.807, 2.05) is 36.4 Å². The highest BCUT2D eigenvalue weighted by Crippen LogP contribution is 2.16. The Bertz CT molecular complexity index is 910. The highest BCUT2D eigenvalue weighted by atomic mass is 32.2. The van der Waals surface area contributed by atoms with Crippen LogP contribution in [-0.4, -0.2) is 34.6 Å². The maximum absolute atomic E-state index is 12.4. The van der Waals surface area contributed by atoms with E-state index < -0.39 is 10.0 Å². The van der Waals surface area contributed by atoms with Gasteiger partial charge in [0.15, 0.2) is 0 Å². The molecule has 0 aliphatic carbocycles. The molecule has 7 heteroatoms. The predicted octanol–water partition coefficient (Wildman–Crippen LogP) is 4.27. The van der Waals surface area contributed by atoms with Crippen molar-refractivity contribution in [1.82, 2.24) is 4.72 Å². The number of carbonyl (C=O) groups is 1. The van der Waals surface area contributed by atoms with E-state index in [9.17, 15) is 13.2 Å². The Kier molecular flexibility index (Phi) is 10.5. The van der Waals surface area contributed by atoms with Crippen molar-refractivity contribution in [3.05, 3.63) is 59.7 Å². The second kappa shape index (κ2) is 13.1. The number of hydrogen-bond acceptors (Lipinski definition) is 5. The number of carbonyl (C=O) groups excluding carboxylic acids is 1. The number of hydrogen-bond donors (Lipinski definition) is 1. The maximum atomic E-state index is 12.4. The quantitative estimate of drug-likeness (QED) is 0.345. The van der Waals surface area contributed by atoms with Crippen LogP contribution in [0, 0.1) is 0 Å². The molecule has 6 nitrogen and oxygen atoms in total. The summed E-state index contributed by atoms with van der Waals surface area (Å²) in [5.41, 5.74) is 2.15. The van der Waals surface area contributed by atoms with E-state index in [1.165, 1.54) is 20.0 Å². The molecule has 0 amide bonds. The SMILES string of the molecule is CCCCCc1ccc(S(=O)(=O)NCCCOc2cccc(CCC(=O)OC)c2)cc1. The first-order valence-corrected chi connectivity index (χ1v) is 12.3. The summed E-state index contributed by atoms with van der Waals surface area (Å²) in [7, 11) is -2.15. The molecule has 0 radical (unpaired) electrons. The summed E-state index contributed by atoms with van der Waals surface area (Å²) in [4.78, 5) is 11.5. The van der Waals surface area contributed by atoms with Crippen LogP contribution in [0.3, 0.4) is 0 Å². The van der Waals surface area contributed by atoms with Gasteiger partial charge in [-0.2, -0.15) is 0 Å². The molecule has 2 aromatic rings. The molecular weight excluding hydrogens is 414 g/mol. The van der Waals surface area contributed by atoms with E-state index in [2.05, 4.69) is 16.4 Å². The summed E-state index contributed by atoms with van der Waals surface area (Å²) in [6.07, 6.45) is 5.89. The monoisotopic (exact) mass is 447 g/mol. The fourth-order valence-electron chi connectivity index (χ4n) is 3.11. The Morgan fingerprint density at radius 2 is 1.74 bits per heavy atom. The normalized spacial score (nSPS) is 11.3. The third-order valence-electron chi connectivity index (χ3n) is 4.93. The molecule has 170 valence electrons. The van der Waals surface area contributed by atoms with Crippen molar-refractivity contribution in [3.8, 4) is 5.75 Å². The van der Waals surface area contributed by atoms with Crippen LogP contribution in [-0.2, 0) is 32.4 Å². The van der Waals surface area contributed by atoms with Gasteiger partial charge in [0.05, 0.1) is 18.6 Å². The van der Waals surface area contributed by atoms with Crippen molar-refractivity contribution in [2.75, 3.05) is 20.3 Å². The highest BCUT2D eigenvalue weighted by Gasteiger charge is 2.13. The minimum Gasteiger partial charge on any atom is -0.494 e. The molecule has 0 saturated heterocycles. The average Bonchev–Trinajstić information content (AvgIpc) is 2.78. The Hall–Kier alpha value is -2.38. The fourth-order valence-corrected chi connectivity index (χ4v) is 4.18. The van der Waals surface area contributed by atoms with E-state index in [-0.39, 0.29) is 10.9 Å². The number of ether oxygens (including phenoxy) is 2. The number of sulfonamides is 1. The third kappa shape index (κ3) is 9.11. The van der Waals surface area contributed by atoms with Crippen molar-refractivity contribution in [2.45, 2.75) is 56.8 Å². The Morgan fingerprint density at radius 3 is 2.45 bits per heavy atom. The molecule has 2 rings (SSSR count). The van der Waals surface area contributed by atoms with Gasteiger partial charge in [0.2, 0.25) is 10.0 Å². The zero-order chi connectivity index (χ0) is 22.5. The molecule has 0 unspecified atom stereocenters. The average molecular weight is 448 g/mol.